The molecule has 0 saturated heterocycles. The summed E-state index contributed by atoms with van der Waals surface area (Å²) < 4.78 is 5.28. The minimum atomic E-state index is -0.754. The summed E-state index contributed by atoms with van der Waals surface area (Å²) in [6, 6.07) is 1.17. The van der Waals surface area contributed by atoms with Crippen LogP contribution in [0, 0.1) is 0 Å². The Hall–Kier alpha value is -3.00. The van der Waals surface area contributed by atoms with Gasteiger partial charge in [0.25, 0.3) is 5.91 Å². The minimum Gasteiger partial charge on any atom is -0.507 e. The van der Waals surface area contributed by atoms with Gasteiger partial charge in [0.1, 0.15) is 17.1 Å². The highest BCUT2D eigenvalue weighted by Crippen LogP contribution is 2.37. The molecule has 9 heteroatoms. The molecule has 1 heterocycles. The Morgan fingerprint density at radius 3 is 2.65 bits per heavy atom. The third-order valence-electron chi connectivity index (χ3n) is 5.73. The lowest BCUT2D eigenvalue weighted by atomic mass is 9.95. The molecule has 34 heavy (non-hydrogen) atoms. The monoisotopic (exact) mass is 490 g/mol. The highest BCUT2D eigenvalue weighted by molar-refractivity contribution is 6.33. The zero-order valence-electron chi connectivity index (χ0n) is 19.1. The average Bonchev–Trinajstić information content (AvgIpc) is 2.81. The van der Waals surface area contributed by atoms with Gasteiger partial charge in [0, 0.05) is 18.5 Å². The second-order valence-electron chi connectivity index (χ2n) is 8.39. The van der Waals surface area contributed by atoms with E-state index in [1.807, 2.05) is 18.2 Å². The average molecular weight is 491 g/mol. The minimum absolute atomic E-state index is 0.0260. The van der Waals surface area contributed by atoms with E-state index in [1.54, 1.807) is 6.08 Å². The predicted octanol–water partition coefficient (Wildman–Crippen LogP) is 4.57. The molecule has 1 saturated carbocycles. The number of phenolic OH excluding ortho intramolecular Hbond substituents is 2. The molecule has 3 N–H and O–H groups in total. The molecule has 0 bridgehead atoms. The van der Waals surface area contributed by atoms with Crippen LogP contribution in [-0.4, -0.2) is 47.1 Å². The lowest BCUT2D eigenvalue weighted by Gasteiger charge is -2.22. The van der Waals surface area contributed by atoms with Gasteiger partial charge in [-0.2, -0.15) is 0 Å². The Bertz CT molecular complexity index is 967. The molecule has 0 spiro atoms. The predicted molar refractivity (Wildman–Crippen MR) is 129 cm³/mol. The van der Waals surface area contributed by atoms with E-state index in [0.29, 0.717) is 12.1 Å². The number of hydrogen-bond donors (Lipinski definition) is 3. The third-order valence-corrected chi connectivity index (χ3v) is 6.15. The van der Waals surface area contributed by atoms with Crippen molar-refractivity contribution in [2.45, 2.75) is 63.8 Å². The lowest BCUT2D eigenvalue weighted by Crippen LogP contribution is -2.38. The van der Waals surface area contributed by atoms with Crippen molar-refractivity contribution in [3.8, 4) is 11.5 Å². The molecular formula is C25H31ClN2O6. The maximum Gasteiger partial charge on any atom is 0.342 e. The van der Waals surface area contributed by atoms with Gasteiger partial charge in [-0.15, -0.1) is 0 Å². The molecule has 1 aromatic carbocycles. The number of carbonyl (C=O) groups is 2. The number of nitrogens with zero attached hydrogens (tertiary/aromatic N) is 1. The number of allylic oxidation sites excluding steroid dienone is 3. The molecule has 2 aliphatic rings. The maximum absolute atomic E-state index is 12.7. The smallest absolute Gasteiger partial charge is 0.342 e. The molecule has 0 radical (unpaired) electrons. The topological polar surface area (TPSA) is 117 Å². The number of esters is 1. The van der Waals surface area contributed by atoms with Gasteiger partial charge in [0.15, 0.2) is 6.61 Å². The van der Waals surface area contributed by atoms with Crippen LogP contribution in [0.2, 0.25) is 5.02 Å². The van der Waals surface area contributed by atoms with E-state index < -0.39 is 11.7 Å². The van der Waals surface area contributed by atoms with Gasteiger partial charge in [-0.25, -0.2) is 4.79 Å². The van der Waals surface area contributed by atoms with Crippen molar-refractivity contribution in [1.82, 2.24) is 5.32 Å². The standard InChI is InChI=1S/C25H31ClN2O6/c26-24-19-14-18(28-34-16-22(31)27-17-10-7-5-8-11-17)12-6-3-1-2-4-9-13-33-25(32)23(19)20(29)15-21(24)30/h2,4,6,12,15,17,29-30H,1,3,5,7-11,13-14,16H2,(H,27,31)/b4-2+,12-6+,28-18-. The number of phenols is 2. The van der Waals surface area contributed by atoms with Crippen LogP contribution in [0.4, 0.5) is 0 Å². The van der Waals surface area contributed by atoms with Crippen LogP contribution in [0.25, 0.3) is 0 Å². The molecule has 0 unspecified atom stereocenters. The van der Waals surface area contributed by atoms with E-state index in [-0.39, 0.29) is 53.5 Å². The number of carbonyl (C=O) groups excluding carboxylic acids is 2. The van der Waals surface area contributed by atoms with Crippen LogP contribution in [0.5, 0.6) is 11.5 Å². The zero-order chi connectivity index (χ0) is 24.3. The van der Waals surface area contributed by atoms with Crippen molar-refractivity contribution < 1.29 is 29.4 Å². The highest BCUT2D eigenvalue weighted by atomic mass is 35.5. The van der Waals surface area contributed by atoms with Crippen LogP contribution in [-0.2, 0) is 20.8 Å². The zero-order valence-corrected chi connectivity index (χ0v) is 19.9. The maximum atomic E-state index is 12.7. The Morgan fingerprint density at radius 1 is 1.12 bits per heavy atom. The second-order valence-corrected chi connectivity index (χ2v) is 8.77. The molecule has 1 aromatic rings. The number of fused-ring (bicyclic) bond motifs is 1. The largest absolute Gasteiger partial charge is 0.507 e. The molecular weight excluding hydrogens is 460 g/mol. The fraction of sp³-hybridized carbons (Fsp3) is 0.480. The number of oxime groups is 1. The quantitative estimate of drug-likeness (QED) is 0.323. The summed E-state index contributed by atoms with van der Waals surface area (Å²) in [5.74, 6) is -1.81. The summed E-state index contributed by atoms with van der Waals surface area (Å²) in [5, 5.41) is 27.4. The van der Waals surface area contributed by atoms with Crippen LogP contribution >= 0.6 is 11.6 Å². The summed E-state index contributed by atoms with van der Waals surface area (Å²) in [6.45, 7) is -0.104. The van der Waals surface area contributed by atoms with E-state index in [4.69, 9.17) is 21.2 Å². The van der Waals surface area contributed by atoms with Gasteiger partial charge in [-0.1, -0.05) is 54.2 Å². The molecule has 184 valence electrons. The number of amides is 1. The van der Waals surface area contributed by atoms with E-state index in [2.05, 4.69) is 10.5 Å². The van der Waals surface area contributed by atoms with Gasteiger partial charge < -0.3 is 25.1 Å². The number of aromatic hydroxyl groups is 2. The lowest BCUT2D eigenvalue weighted by molar-refractivity contribution is -0.126. The van der Waals surface area contributed by atoms with E-state index >= 15 is 0 Å². The first-order chi connectivity index (χ1) is 16.5. The van der Waals surface area contributed by atoms with Crippen LogP contribution in [0.3, 0.4) is 0 Å². The Balaban J connectivity index is 1.80. The van der Waals surface area contributed by atoms with Gasteiger partial charge in [0.2, 0.25) is 0 Å². The fourth-order valence-electron chi connectivity index (χ4n) is 4.01. The van der Waals surface area contributed by atoms with Crippen molar-refractivity contribution >= 4 is 29.2 Å². The number of nitrogens with one attached hydrogen (secondary N) is 1. The molecule has 0 atom stereocenters. The molecule has 8 nitrogen and oxygen atoms in total. The number of ether oxygens (including phenoxy) is 1. The van der Waals surface area contributed by atoms with Crippen LogP contribution in [0.1, 0.15) is 67.3 Å². The number of hydrogen-bond acceptors (Lipinski definition) is 7. The van der Waals surface area contributed by atoms with Crippen molar-refractivity contribution in [3.63, 3.8) is 0 Å². The van der Waals surface area contributed by atoms with Crippen molar-refractivity contribution in [2.24, 2.45) is 5.16 Å². The van der Waals surface area contributed by atoms with Gasteiger partial charge in [-0.05, 0) is 43.7 Å². The first kappa shape index (κ1) is 25.6. The Morgan fingerprint density at radius 2 is 1.85 bits per heavy atom. The number of halogens is 1. The number of cyclic esters (lactones) is 1. The SMILES string of the molecule is O=C(CO/N=C1/C=C/CC/C=C/CCOC(=O)c2c(O)cc(O)c(Cl)c2C1)NC1CCCCC1. The fourth-order valence-corrected chi connectivity index (χ4v) is 4.23. The number of benzene rings is 1. The van der Waals surface area contributed by atoms with Crippen LogP contribution in [0.15, 0.2) is 35.5 Å². The summed E-state index contributed by atoms with van der Waals surface area (Å²) in [6.07, 6.45) is 14.9. The second kappa shape index (κ2) is 13.0. The van der Waals surface area contributed by atoms with E-state index in [9.17, 15) is 19.8 Å². The van der Waals surface area contributed by atoms with E-state index in [1.165, 1.54) is 6.42 Å². The van der Waals surface area contributed by atoms with Crippen molar-refractivity contribution in [2.75, 3.05) is 13.2 Å². The molecule has 0 aromatic heterocycles. The Kier molecular flexibility index (Phi) is 9.82. The summed E-state index contributed by atoms with van der Waals surface area (Å²) >= 11 is 6.29. The molecule has 1 fully saturated rings. The molecule has 1 amide bonds. The molecule has 1 aliphatic heterocycles. The van der Waals surface area contributed by atoms with Crippen LogP contribution < -0.4 is 5.32 Å². The van der Waals surface area contributed by atoms with Crippen molar-refractivity contribution in [3.05, 3.63) is 46.5 Å². The van der Waals surface area contributed by atoms with Crippen molar-refractivity contribution in [1.29, 1.82) is 0 Å². The van der Waals surface area contributed by atoms with Gasteiger partial charge >= 0.3 is 5.97 Å². The Labute approximate surface area is 204 Å². The summed E-state index contributed by atoms with van der Waals surface area (Å²) in [5.41, 5.74) is 0.392. The molecule has 3 rings (SSSR count). The van der Waals surface area contributed by atoms with Gasteiger partial charge in [-0.3, -0.25) is 4.79 Å². The summed E-state index contributed by atoms with van der Waals surface area (Å²) in [7, 11) is 0. The van der Waals surface area contributed by atoms with Gasteiger partial charge in [0.05, 0.1) is 17.3 Å². The first-order valence-corrected chi connectivity index (χ1v) is 12.0. The third kappa shape index (κ3) is 7.52. The first-order valence-electron chi connectivity index (χ1n) is 11.7. The normalized spacial score (nSPS) is 21.1. The molecule has 1 aliphatic carbocycles. The number of rotatable bonds is 4. The highest BCUT2D eigenvalue weighted by Gasteiger charge is 2.24. The van der Waals surface area contributed by atoms with E-state index in [0.717, 1.165) is 44.6 Å². The summed E-state index contributed by atoms with van der Waals surface area (Å²) in [4.78, 5) is 30.2.